The van der Waals surface area contributed by atoms with E-state index < -0.39 is 0 Å². The summed E-state index contributed by atoms with van der Waals surface area (Å²) in [4.78, 5) is 25.6. The van der Waals surface area contributed by atoms with E-state index in [9.17, 15) is 9.18 Å². The van der Waals surface area contributed by atoms with Gasteiger partial charge in [-0.3, -0.25) is 4.79 Å². The molecule has 2 heterocycles. The fourth-order valence-corrected chi connectivity index (χ4v) is 4.47. The number of benzene rings is 2. The predicted octanol–water partition coefficient (Wildman–Crippen LogP) is 4.29. The van der Waals surface area contributed by atoms with Crippen molar-refractivity contribution in [2.75, 3.05) is 47.0 Å². The molecule has 2 aromatic carbocycles. The summed E-state index contributed by atoms with van der Waals surface area (Å²) in [5.74, 6) is 0.854. The van der Waals surface area contributed by atoms with E-state index >= 15 is 0 Å². The molecule has 0 bridgehead atoms. The minimum atomic E-state index is -0.221. The Kier molecular flexibility index (Phi) is 6.90. The van der Waals surface area contributed by atoms with Gasteiger partial charge in [0.1, 0.15) is 23.0 Å². The molecule has 1 aromatic heterocycles. The number of halogens is 1. The molecular formula is C24H26FN5OS. The minimum Gasteiger partial charge on any atom is -0.368 e. The lowest BCUT2D eigenvalue weighted by Gasteiger charge is -2.36. The number of rotatable bonds is 6. The molecule has 166 valence electrons. The molecule has 0 unspecified atom stereocenters. The number of hydrogen-bond acceptors (Lipinski definition) is 6. The maximum atomic E-state index is 13.2. The van der Waals surface area contributed by atoms with Gasteiger partial charge >= 0.3 is 0 Å². The topological polar surface area (TPSA) is 61.4 Å². The van der Waals surface area contributed by atoms with Crippen LogP contribution in [0.25, 0.3) is 0 Å². The molecule has 0 aliphatic carbocycles. The van der Waals surface area contributed by atoms with Gasteiger partial charge in [-0.2, -0.15) is 0 Å². The van der Waals surface area contributed by atoms with E-state index in [0.717, 1.165) is 59.5 Å². The average Bonchev–Trinajstić information content (AvgIpc) is 2.78. The minimum absolute atomic E-state index is 0.0620. The third-order valence-electron chi connectivity index (χ3n) is 5.28. The summed E-state index contributed by atoms with van der Waals surface area (Å²) >= 11 is 1.40. The fraction of sp³-hybridized carbons (Fsp3) is 0.292. The number of aryl methyl sites for hydroxylation is 2. The highest BCUT2D eigenvalue weighted by Gasteiger charge is 2.19. The molecule has 1 saturated heterocycles. The standard InChI is InChI=1S/C24H26FN5OS/c1-17-11-18(2)13-20(12-17)28-23(31)15-32-24-14-22(26-16-27-24)30-9-7-29(8-10-30)21-5-3-19(25)4-6-21/h3-6,11-14,16H,7-10,15H2,1-2H3,(H,28,31). The zero-order valence-corrected chi connectivity index (χ0v) is 19.0. The second-order valence-corrected chi connectivity index (χ2v) is 8.87. The van der Waals surface area contributed by atoms with Crippen LogP contribution in [0.3, 0.4) is 0 Å². The van der Waals surface area contributed by atoms with Gasteiger partial charge in [-0.1, -0.05) is 17.8 Å². The number of carbonyl (C=O) groups is 1. The van der Waals surface area contributed by atoms with Crippen LogP contribution < -0.4 is 15.1 Å². The Morgan fingerprint density at radius 1 is 0.969 bits per heavy atom. The molecule has 6 nitrogen and oxygen atoms in total. The van der Waals surface area contributed by atoms with Crippen LogP contribution in [0.1, 0.15) is 11.1 Å². The monoisotopic (exact) mass is 451 g/mol. The number of amides is 1. The number of piperazine rings is 1. The van der Waals surface area contributed by atoms with Gasteiger partial charge in [-0.15, -0.1) is 0 Å². The Labute approximate surface area is 191 Å². The van der Waals surface area contributed by atoms with Crippen molar-refractivity contribution in [1.29, 1.82) is 0 Å². The molecule has 1 N–H and O–H groups in total. The van der Waals surface area contributed by atoms with Gasteiger partial charge in [0.2, 0.25) is 5.91 Å². The number of thioether (sulfide) groups is 1. The smallest absolute Gasteiger partial charge is 0.234 e. The molecule has 3 aromatic rings. The van der Waals surface area contributed by atoms with Crippen LogP contribution in [0.5, 0.6) is 0 Å². The summed E-state index contributed by atoms with van der Waals surface area (Å²) in [5, 5.41) is 3.72. The molecule has 32 heavy (non-hydrogen) atoms. The second kappa shape index (κ2) is 9.99. The zero-order valence-electron chi connectivity index (χ0n) is 18.2. The number of nitrogens with zero attached hydrogens (tertiary/aromatic N) is 4. The first-order chi connectivity index (χ1) is 15.5. The Bertz CT molecular complexity index is 1060. The first kappa shape index (κ1) is 22.1. The fourth-order valence-electron chi connectivity index (χ4n) is 3.81. The predicted molar refractivity (Wildman–Crippen MR) is 128 cm³/mol. The maximum Gasteiger partial charge on any atom is 0.234 e. The van der Waals surface area contributed by atoms with Crippen molar-refractivity contribution in [1.82, 2.24) is 9.97 Å². The Hall–Kier alpha value is -3.13. The van der Waals surface area contributed by atoms with Crippen molar-refractivity contribution in [3.05, 3.63) is 71.8 Å². The average molecular weight is 452 g/mol. The van der Waals surface area contributed by atoms with Crippen molar-refractivity contribution >= 4 is 34.9 Å². The molecule has 0 saturated carbocycles. The summed E-state index contributed by atoms with van der Waals surface area (Å²) in [5.41, 5.74) is 4.08. The molecule has 0 spiro atoms. The van der Waals surface area contributed by atoms with Gasteiger partial charge in [0, 0.05) is 43.6 Å². The van der Waals surface area contributed by atoms with Crippen LogP contribution in [0, 0.1) is 19.7 Å². The van der Waals surface area contributed by atoms with E-state index in [-0.39, 0.29) is 17.5 Å². The summed E-state index contributed by atoms with van der Waals surface area (Å²) in [7, 11) is 0. The van der Waals surface area contributed by atoms with Crippen LogP contribution in [0.4, 0.5) is 21.6 Å². The highest BCUT2D eigenvalue weighted by molar-refractivity contribution is 7.99. The quantitative estimate of drug-likeness (QED) is 0.446. The molecule has 1 amide bonds. The van der Waals surface area contributed by atoms with Crippen molar-refractivity contribution < 1.29 is 9.18 Å². The first-order valence-electron chi connectivity index (χ1n) is 10.5. The van der Waals surface area contributed by atoms with Gasteiger partial charge in [0.25, 0.3) is 0 Å². The number of anilines is 3. The van der Waals surface area contributed by atoms with Gasteiger partial charge in [0.15, 0.2) is 0 Å². The molecule has 1 aliphatic heterocycles. The lowest BCUT2D eigenvalue weighted by atomic mass is 10.1. The number of aromatic nitrogens is 2. The van der Waals surface area contributed by atoms with Gasteiger partial charge < -0.3 is 15.1 Å². The van der Waals surface area contributed by atoms with Gasteiger partial charge in [0.05, 0.1) is 5.75 Å². The summed E-state index contributed by atoms with van der Waals surface area (Å²) < 4.78 is 13.2. The van der Waals surface area contributed by atoms with Gasteiger partial charge in [-0.25, -0.2) is 14.4 Å². The Balaban J connectivity index is 1.30. The van der Waals surface area contributed by atoms with E-state index in [1.165, 1.54) is 23.9 Å². The third-order valence-corrected chi connectivity index (χ3v) is 6.21. The summed E-state index contributed by atoms with van der Waals surface area (Å²) in [6.07, 6.45) is 1.55. The maximum absolute atomic E-state index is 13.2. The number of nitrogens with one attached hydrogen (secondary N) is 1. The molecule has 0 radical (unpaired) electrons. The van der Waals surface area contributed by atoms with E-state index in [1.54, 1.807) is 6.33 Å². The summed E-state index contributed by atoms with van der Waals surface area (Å²) in [6.45, 7) is 7.31. The highest BCUT2D eigenvalue weighted by Crippen LogP contribution is 2.23. The van der Waals surface area contributed by atoms with E-state index in [4.69, 9.17) is 0 Å². The molecule has 1 fully saturated rings. The van der Waals surface area contributed by atoms with E-state index in [0.29, 0.717) is 0 Å². The normalized spacial score (nSPS) is 13.8. The molecule has 4 rings (SSSR count). The van der Waals surface area contributed by atoms with Crippen molar-refractivity contribution in [2.24, 2.45) is 0 Å². The summed E-state index contributed by atoms with van der Waals surface area (Å²) in [6, 6.07) is 14.5. The molecular weight excluding hydrogens is 425 g/mol. The lowest BCUT2D eigenvalue weighted by molar-refractivity contribution is -0.113. The molecule has 1 aliphatic rings. The third kappa shape index (κ3) is 5.76. The largest absolute Gasteiger partial charge is 0.368 e. The lowest BCUT2D eigenvalue weighted by Crippen LogP contribution is -2.46. The van der Waals surface area contributed by atoms with Crippen LogP contribution >= 0.6 is 11.8 Å². The number of hydrogen-bond donors (Lipinski definition) is 1. The van der Waals surface area contributed by atoms with Crippen molar-refractivity contribution in [3.8, 4) is 0 Å². The van der Waals surface area contributed by atoms with Crippen molar-refractivity contribution in [2.45, 2.75) is 18.9 Å². The molecule has 8 heteroatoms. The Morgan fingerprint density at radius 2 is 1.62 bits per heavy atom. The Morgan fingerprint density at radius 3 is 2.31 bits per heavy atom. The second-order valence-electron chi connectivity index (χ2n) is 7.88. The van der Waals surface area contributed by atoms with Crippen LogP contribution in [-0.4, -0.2) is 47.8 Å². The number of carbonyl (C=O) groups excluding carboxylic acids is 1. The first-order valence-corrected chi connectivity index (χ1v) is 11.5. The van der Waals surface area contributed by atoms with Crippen LogP contribution in [-0.2, 0) is 4.79 Å². The van der Waals surface area contributed by atoms with Gasteiger partial charge in [-0.05, 0) is 61.4 Å². The van der Waals surface area contributed by atoms with Crippen molar-refractivity contribution in [3.63, 3.8) is 0 Å². The highest BCUT2D eigenvalue weighted by atomic mass is 32.2. The molecule has 0 atom stereocenters. The van der Waals surface area contributed by atoms with E-state index in [1.807, 2.05) is 44.2 Å². The van der Waals surface area contributed by atoms with E-state index in [2.05, 4.69) is 31.2 Å². The zero-order chi connectivity index (χ0) is 22.5. The van der Waals surface area contributed by atoms with Crippen LogP contribution in [0.15, 0.2) is 59.9 Å². The van der Waals surface area contributed by atoms with Crippen LogP contribution in [0.2, 0.25) is 0 Å². The SMILES string of the molecule is Cc1cc(C)cc(NC(=O)CSc2cc(N3CCN(c4ccc(F)cc4)CC3)ncn2)c1.